The molecule has 140 valence electrons. The van der Waals surface area contributed by atoms with Crippen LogP contribution in [0.4, 0.5) is 5.69 Å². The van der Waals surface area contributed by atoms with Crippen LogP contribution in [0.15, 0.2) is 24.3 Å². The predicted molar refractivity (Wildman–Crippen MR) is 95.9 cm³/mol. The van der Waals surface area contributed by atoms with Gasteiger partial charge in [-0.1, -0.05) is 18.6 Å². The van der Waals surface area contributed by atoms with Gasteiger partial charge in [0.2, 0.25) is 26.0 Å². The van der Waals surface area contributed by atoms with Gasteiger partial charge in [0.1, 0.15) is 6.04 Å². The zero-order valence-corrected chi connectivity index (χ0v) is 15.9. The van der Waals surface area contributed by atoms with Crippen LogP contribution in [0, 0.1) is 0 Å². The highest BCUT2D eigenvalue weighted by Gasteiger charge is 2.34. The maximum atomic E-state index is 12.4. The number of carbonyl (C=O) groups is 1. The number of rotatable bonds is 6. The fraction of sp³-hybridized carbons (Fsp3) is 0.533. The van der Waals surface area contributed by atoms with E-state index in [1.807, 2.05) is 0 Å². The van der Waals surface area contributed by atoms with Gasteiger partial charge in [-0.25, -0.2) is 16.8 Å². The molecular weight excluding hydrogens is 366 g/mol. The molecule has 0 spiro atoms. The first-order valence-electron chi connectivity index (χ1n) is 7.87. The normalized spacial score (nSPS) is 19.4. The standard InChI is InChI=1S/C15H23N3O5S2/c1-24(20,21)17-13-7-5-6-12(10-13)11-16-15(19)14-8-3-4-9-18(14)25(2,22)23/h5-7,10,14,17H,3-4,8-9,11H2,1-2H3,(H,16,19)/t14-/m0/s1. The molecular formula is C15H23N3O5S2. The number of sulfonamides is 2. The topological polar surface area (TPSA) is 113 Å². The van der Waals surface area contributed by atoms with Crippen LogP contribution in [0.3, 0.4) is 0 Å². The summed E-state index contributed by atoms with van der Waals surface area (Å²) in [5.74, 6) is -0.341. The van der Waals surface area contributed by atoms with Crippen molar-refractivity contribution in [1.29, 1.82) is 0 Å². The summed E-state index contributed by atoms with van der Waals surface area (Å²) >= 11 is 0. The number of amides is 1. The SMILES string of the molecule is CS(=O)(=O)Nc1cccc(CNC(=O)[C@@H]2CCCCN2S(C)(=O)=O)c1. The Balaban J connectivity index is 2.03. The van der Waals surface area contributed by atoms with E-state index in [0.29, 0.717) is 24.2 Å². The molecule has 1 saturated heterocycles. The lowest BCUT2D eigenvalue weighted by molar-refractivity contribution is -0.125. The van der Waals surface area contributed by atoms with E-state index in [0.717, 1.165) is 25.4 Å². The van der Waals surface area contributed by atoms with Crippen LogP contribution in [0.25, 0.3) is 0 Å². The monoisotopic (exact) mass is 389 g/mol. The average molecular weight is 389 g/mol. The highest BCUT2D eigenvalue weighted by Crippen LogP contribution is 2.20. The molecule has 1 amide bonds. The Bertz CT molecular complexity index is 836. The van der Waals surface area contributed by atoms with Crippen molar-refractivity contribution in [2.24, 2.45) is 0 Å². The van der Waals surface area contributed by atoms with Gasteiger partial charge >= 0.3 is 0 Å². The molecule has 2 N–H and O–H groups in total. The molecule has 1 aromatic rings. The average Bonchev–Trinajstić information content (AvgIpc) is 2.50. The second kappa shape index (κ2) is 7.71. The zero-order chi connectivity index (χ0) is 18.7. The number of carbonyl (C=O) groups excluding carboxylic acids is 1. The Morgan fingerprint density at radius 2 is 1.92 bits per heavy atom. The molecule has 25 heavy (non-hydrogen) atoms. The molecule has 1 heterocycles. The molecule has 1 atom stereocenters. The molecule has 2 rings (SSSR count). The first-order valence-corrected chi connectivity index (χ1v) is 11.6. The van der Waals surface area contributed by atoms with Crippen molar-refractivity contribution in [3.63, 3.8) is 0 Å². The molecule has 10 heteroatoms. The van der Waals surface area contributed by atoms with E-state index in [4.69, 9.17) is 0 Å². The van der Waals surface area contributed by atoms with Crippen LogP contribution in [0.2, 0.25) is 0 Å². The summed E-state index contributed by atoms with van der Waals surface area (Å²) in [6.45, 7) is 0.539. The quantitative estimate of drug-likeness (QED) is 0.735. The number of anilines is 1. The second-order valence-electron chi connectivity index (χ2n) is 6.18. The minimum Gasteiger partial charge on any atom is -0.351 e. The van der Waals surface area contributed by atoms with Crippen LogP contribution >= 0.6 is 0 Å². The fourth-order valence-corrected chi connectivity index (χ4v) is 4.51. The van der Waals surface area contributed by atoms with E-state index in [-0.39, 0.29) is 12.5 Å². The largest absolute Gasteiger partial charge is 0.351 e. The van der Waals surface area contributed by atoms with E-state index in [1.54, 1.807) is 24.3 Å². The second-order valence-corrected chi connectivity index (χ2v) is 9.86. The van der Waals surface area contributed by atoms with Crippen molar-refractivity contribution in [3.05, 3.63) is 29.8 Å². The number of benzene rings is 1. The van der Waals surface area contributed by atoms with Crippen molar-refractivity contribution < 1.29 is 21.6 Å². The Morgan fingerprint density at radius 1 is 1.20 bits per heavy atom. The minimum atomic E-state index is -3.43. The fourth-order valence-electron chi connectivity index (χ4n) is 2.83. The molecule has 0 bridgehead atoms. The first kappa shape index (κ1) is 19.7. The van der Waals surface area contributed by atoms with Gasteiger partial charge in [-0.2, -0.15) is 4.31 Å². The van der Waals surface area contributed by atoms with Crippen molar-refractivity contribution in [3.8, 4) is 0 Å². The maximum Gasteiger partial charge on any atom is 0.238 e. The van der Waals surface area contributed by atoms with Gasteiger partial charge in [-0.05, 0) is 30.5 Å². The number of hydrogen-bond acceptors (Lipinski definition) is 5. The van der Waals surface area contributed by atoms with E-state index in [1.165, 1.54) is 4.31 Å². The van der Waals surface area contributed by atoms with Crippen molar-refractivity contribution >= 4 is 31.6 Å². The lowest BCUT2D eigenvalue weighted by Gasteiger charge is -2.32. The summed E-state index contributed by atoms with van der Waals surface area (Å²) in [4.78, 5) is 12.4. The van der Waals surface area contributed by atoms with Crippen LogP contribution in [0.1, 0.15) is 24.8 Å². The highest BCUT2D eigenvalue weighted by atomic mass is 32.2. The summed E-state index contributed by atoms with van der Waals surface area (Å²) in [5, 5.41) is 2.74. The van der Waals surface area contributed by atoms with Gasteiger partial charge in [0, 0.05) is 18.8 Å². The molecule has 1 fully saturated rings. The van der Waals surface area contributed by atoms with E-state index in [9.17, 15) is 21.6 Å². The molecule has 0 saturated carbocycles. The molecule has 1 aromatic carbocycles. The lowest BCUT2D eigenvalue weighted by atomic mass is 10.0. The van der Waals surface area contributed by atoms with E-state index >= 15 is 0 Å². The maximum absolute atomic E-state index is 12.4. The van der Waals surface area contributed by atoms with Crippen molar-refractivity contribution in [2.75, 3.05) is 23.8 Å². The Kier molecular flexibility index (Phi) is 6.07. The molecule has 0 radical (unpaired) electrons. The number of piperidine rings is 1. The van der Waals surface area contributed by atoms with Crippen LogP contribution < -0.4 is 10.0 Å². The van der Waals surface area contributed by atoms with Gasteiger partial charge < -0.3 is 5.32 Å². The molecule has 0 aromatic heterocycles. The third-order valence-electron chi connectivity index (χ3n) is 3.88. The first-order chi connectivity index (χ1) is 11.6. The summed E-state index contributed by atoms with van der Waals surface area (Å²) in [5.41, 5.74) is 1.12. The Morgan fingerprint density at radius 3 is 2.56 bits per heavy atom. The van der Waals surface area contributed by atoms with Gasteiger partial charge in [0.05, 0.1) is 12.5 Å². The molecule has 1 aliphatic rings. The highest BCUT2D eigenvalue weighted by molar-refractivity contribution is 7.92. The molecule has 1 aliphatic heterocycles. The van der Waals surface area contributed by atoms with Crippen LogP contribution in [-0.2, 0) is 31.4 Å². The third-order valence-corrected chi connectivity index (χ3v) is 5.77. The third kappa shape index (κ3) is 5.98. The predicted octanol–water partition coefficient (Wildman–Crippen LogP) is 0.488. The molecule has 0 aliphatic carbocycles. The van der Waals surface area contributed by atoms with E-state index in [2.05, 4.69) is 10.0 Å². The molecule has 0 unspecified atom stereocenters. The smallest absolute Gasteiger partial charge is 0.238 e. The van der Waals surface area contributed by atoms with Gasteiger partial charge in [-0.15, -0.1) is 0 Å². The number of hydrogen-bond donors (Lipinski definition) is 2. The lowest BCUT2D eigenvalue weighted by Crippen LogP contribution is -2.51. The zero-order valence-electron chi connectivity index (χ0n) is 14.2. The van der Waals surface area contributed by atoms with Crippen LogP contribution in [0.5, 0.6) is 0 Å². The summed E-state index contributed by atoms with van der Waals surface area (Å²) in [7, 11) is -6.81. The van der Waals surface area contributed by atoms with Gasteiger partial charge in [0.15, 0.2) is 0 Å². The van der Waals surface area contributed by atoms with Gasteiger partial charge in [0.25, 0.3) is 0 Å². The summed E-state index contributed by atoms with van der Waals surface area (Å²) in [6.07, 6.45) is 4.21. The van der Waals surface area contributed by atoms with Crippen LogP contribution in [-0.4, -0.2) is 52.1 Å². The van der Waals surface area contributed by atoms with Gasteiger partial charge in [-0.3, -0.25) is 9.52 Å². The van der Waals surface area contributed by atoms with Crippen molar-refractivity contribution in [1.82, 2.24) is 9.62 Å². The van der Waals surface area contributed by atoms with E-state index < -0.39 is 26.1 Å². The number of nitrogens with zero attached hydrogens (tertiary/aromatic N) is 1. The number of nitrogens with one attached hydrogen (secondary N) is 2. The molecule has 8 nitrogen and oxygen atoms in total. The summed E-state index contributed by atoms with van der Waals surface area (Å²) < 4.78 is 49.8. The Hall–Kier alpha value is -1.65. The minimum absolute atomic E-state index is 0.187. The summed E-state index contributed by atoms with van der Waals surface area (Å²) in [6, 6.07) is 5.97. The Labute approximate surface area is 148 Å². The van der Waals surface area contributed by atoms with Crippen molar-refractivity contribution in [2.45, 2.75) is 31.8 Å².